The van der Waals surface area contributed by atoms with Crippen molar-refractivity contribution in [3.63, 3.8) is 0 Å². The van der Waals surface area contributed by atoms with E-state index < -0.39 is 0 Å². The fraction of sp³-hybridized carbons (Fsp3) is 0. The molecular formula is C6H3I3O. The van der Waals surface area contributed by atoms with Gasteiger partial charge in [0.1, 0.15) is 5.75 Å². The molecule has 0 aliphatic carbocycles. The normalized spacial score (nSPS) is 9.90. The Bertz CT molecular complexity index is 236. The first-order chi connectivity index (χ1) is 4.61. The van der Waals surface area contributed by atoms with Crippen molar-refractivity contribution in [2.75, 3.05) is 0 Å². The Morgan fingerprint density at radius 1 is 1.00 bits per heavy atom. The van der Waals surface area contributed by atoms with Gasteiger partial charge < -0.3 is 5.11 Å². The van der Waals surface area contributed by atoms with Crippen molar-refractivity contribution in [1.82, 2.24) is 0 Å². The molecule has 10 heavy (non-hydrogen) atoms. The molecule has 0 aromatic heterocycles. The fourth-order valence-corrected chi connectivity index (χ4v) is 2.59. The molecule has 0 aliphatic rings. The van der Waals surface area contributed by atoms with Crippen LogP contribution in [0.15, 0.2) is 12.1 Å². The van der Waals surface area contributed by atoms with Gasteiger partial charge >= 0.3 is 0 Å². The predicted molar refractivity (Wildman–Crippen MR) is 66.3 cm³/mol. The smallest absolute Gasteiger partial charge is 0.117 e. The summed E-state index contributed by atoms with van der Waals surface area (Å²) in [4.78, 5) is 0. The fourth-order valence-electron chi connectivity index (χ4n) is 0.542. The molecule has 0 saturated heterocycles. The number of phenols is 1. The molecule has 0 atom stereocenters. The molecule has 0 fully saturated rings. The number of aromatic hydroxyl groups is 1. The number of rotatable bonds is 0. The van der Waals surface area contributed by atoms with Crippen molar-refractivity contribution in [1.29, 1.82) is 0 Å². The third-order valence-corrected chi connectivity index (χ3v) is 5.90. The lowest BCUT2D eigenvalue weighted by Crippen LogP contribution is -1.83. The molecule has 0 heterocycles. The maximum atomic E-state index is 9.11. The molecule has 1 aromatic rings. The highest BCUT2D eigenvalue weighted by molar-refractivity contribution is 14.1. The number of benzene rings is 1. The molecule has 0 amide bonds. The third kappa shape index (κ3) is 2.10. The van der Waals surface area contributed by atoms with Gasteiger partial charge in [-0.15, -0.1) is 0 Å². The van der Waals surface area contributed by atoms with Crippen molar-refractivity contribution in [2.45, 2.75) is 0 Å². The largest absolute Gasteiger partial charge is 0.508 e. The van der Waals surface area contributed by atoms with Gasteiger partial charge in [0.05, 0.1) is 0 Å². The third-order valence-electron chi connectivity index (χ3n) is 0.969. The quantitative estimate of drug-likeness (QED) is 0.455. The molecule has 0 unspecified atom stereocenters. The molecule has 4 heteroatoms. The zero-order valence-electron chi connectivity index (χ0n) is 4.74. The number of halogens is 3. The summed E-state index contributed by atoms with van der Waals surface area (Å²) in [6.45, 7) is 0. The molecule has 1 nitrogen and oxygen atoms in total. The summed E-state index contributed by atoms with van der Waals surface area (Å²) in [6.07, 6.45) is 0. The number of hydrogen-bond acceptors (Lipinski definition) is 1. The predicted octanol–water partition coefficient (Wildman–Crippen LogP) is 3.21. The highest BCUT2D eigenvalue weighted by atomic mass is 127. The van der Waals surface area contributed by atoms with E-state index in [1.165, 1.54) is 3.57 Å². The van der Waals surface area contributed by atoms with Crippen LogP contribution in [0, 0.1) is 10.7 Å². The summed E-state index contributed by atoms with van der Waals surface area (Å²) in [5, 5.41) is 9.11. The Kier molecular flexibility index (Phi) is 3.48. The summed E-state index contributed by atoms with van der Waals surface area (Å²) in [5.41, 5.74) is 0. The summed E-state index contributed by atoms with van der Waals surface area (Å²) in [7, 11) is 0. The van der Waals surface area contributed by atoms with Crippen molar-refractivity contribution in [3.05, 3.63) is 22.8 Å². The van der Waals surface area contributed by atoms with Crippen LogP contribution in [0.2, 0.25) is 0 Å². The molecular weight excluding hydrogens is 469 g/mol. The Morgan fingerprint density at radius 3 is 1.80 bits per heavy atom. The van der Waals surface area contributed by atoms with Crippen molar-refractivity contribution >= 4 is 67.8 Å². The summed E-state index contributed by atoms with van der Waals surface area (Å²) >= 11 is 6.67. The SMILES string of the molecule is Oc1cc(I)c(I)c(I)c1. The van der Waals surface area contributed by atoms with Gasteiger partial charge in [-0.1, -0.05) is 0 Å². The van der Waals surface area contributed by atoms with E-state index in [4.69, 9.17) is 5.11 Å². The molecule has 0 saturated carbocycles. The molecule has 0 bridgehead atoms. The van der Waals surface area contributed by atoms with Gasteiger partial charge in [0, 0.05) is 10.7 Å². The van der Waals surface area contributed by atoms with E-state index in [1.807, 2.05) is 0 Å². The topological polar surface area (TPSA) is 20.2 Å². The zero-order chi connectivity index (χ0) is 7.72. The van der Waals surface area contributed by atoms with Gasteiger partial charge in [-0.2, -0.15) is 0 Å². The van der Waals surface area contributed by atoms with Crippen LogP contribution < -0.4 is 0 Å². The molecule has 54 valence electrons. The minimum atomic E-state index is 0.342. The van der Waals surface area contributed by atoms with Crippen LogP contribution in [0.25, 0.3) is 0 Å². The lowest BCUT2D eigenvalue weighted by molar-refractivity contribution is 0.474. The van der Waals surface area contributed by atoms with Crippen LogP contribution in [0.1, 0.15) is 0 Å². The second kappa shape index (κ2) is 3.74. The van der Waals surface area contributed by atoms with Crippen molar-refractivity contribution in [2.24, 2.45) is 0 Å². The van der Waals surface area contributed by atoms with Gasteiger partial charge in [0.2, 0.25) is 0 Å². The molecule has 0 aliphatic heterocycles. The molecule has 1 aromatic carbocycles. The average molecular weight is 472 g/mol. The van der Waals surface area contributed by atoms with Crippen LogP contribution in [0.3, 0.4) is 0 Å². The van der Waals surface area contributed by atoms with E-state index in [0.29, 0.717) is 5.75 Å². The zero-order valence-corrected chi connectivity index (χ0v) is 11.2. The highest BCUT2D eigenvalue weighted by Gasteiger charge is 2.02. The monoisotopic (exact) mass is 472 g/mol. The Balaban J connectivity index is 3.31. The maximum Gasteiger partial charge on any atom is 0.117 e. The van der Waals surface area contributed by atoms with Crippen LogP contribution in [0.5, 0.6) is 5.75 Å². The van der Waals surface area contributed by atoms with Gasteiger partial charge in [0.15, 0.2) is 0 Å². The molecule has 1 rings (SSSR count). The lowest BCUT2D eigenvalue weighted by Gasteiger charge is -1.99. The Labute approximate surface area is 100 Å². The van der Waals surface area contributed by atoms with Crippen LogP contribution in [-0.2, 0) is 0 Å². The average Bonchev–Trinajstić information content (AvgIpc) is 1.82. The van der Waals surface area contributed by atoms with Crippen LogP contribution in [-0.4, -0.2) is 5.11 Å². The summed E-state index contributed by atoms with van der Waals surface area (Å²) < 4.78 is 3.40. The highest BCUT2D eigenvalue weighted by Crippen LogP contribution is 2.25. The number of hydrogen-bond donors (Lipinski definition) is 1. The first-order valence-corrected chi connectivity index (χ1v) is 5.68. The second-order valence-electron chi connectivity index (χ2n) is 1.72. The maximum absolute atomic E-state index is 9.11. The van der Waals surface area contributed by atoms with E-state index in [9.17, 15) is 0 Å². The van der Waals surface area contributed by atoms with Crippen molar-refractivity contribution < 1.29 is 5.11 Å². The van der Waals surface area contributed by atoms with Gasteiger partial charge in [-0.25, -0.2) is 0 Å². The van der Waals surface area contributed by atoms with Gasteiger partial charge in [-0.3, -0.25) is 0 Å². The Hall–Kier alpha value is 1.21. The molecule has 0 spiro atoms. The lowest BCUT2D eigenvalue weighted by atomic mass is 10.3. The number of phenolic OH excluding ortho intramolecular Hbond substituents is 1. The summed E-state index contributed by atoms with van der Waals surface area (Å²) in [6, 6.07) is 3.51. The second-order valence-corrected chi connectivity index (χ2v) is 5.13. The minimum Gasteiger partial charge on any atom is -0.508 e. The summed E-state index contributed by atoms with van der Waals surface area (Å²) in [5.74, 6) is 0.342. The van der Waals surface area contributed by atoms with Crippen molar-refractivity contribution in [3.8, 4) is 5.75 Å². The standard InChI is InChI=1S/C6H3I3O/c7-4-1-3(10)2-5(8)6(4)9/h1-2,10H. The van der Waals surface area contributed by atoms with Crippen LogP contribution in [0.4, 0.5) is 0 Å². The van der Waals surface area contributed by atoms with E-state index in [1.54, 1.807) is 12.1 Å². The molecule has 0 radical (unpaired) electrons. The van der Waals surface area contributed by atoms with Gasteiger partial charge in [-0.05, 0) is 79.9 Å². The first-order valence-electron chi connectivity index (χ1n) is 2.45. The van der Waals surface area contributed by atoms with Crippen LogP contribution >= 0.6 is 67.8 Å². The van der Waals surface area contributed by atoms with E-state index in [-0.39, 0.29) is 0 Å². The van der Waals surface area contributed by atoms with E-state index >= 15 is 0 Å². The molecule has 1 N–H and O–H groups in total. The first kappa shape index (κ1) is 9.30. The Morgan fingerprint density at radius 2 is 1.40 bits per heavy atom. The van der Waals surface area contributed by atoms with E-state index in [2.05, 4.69) is 67.8 Å². The van der Waals surface area contributed by atoms with E-state index in [0.717, 1.165) is 7.14 Å². The minimum absolute atomic E-state index is 0.342. The van der Waals surface area contributed by atoms with Gasteiger partial charge in [0.25, 0.3) is 0 Å².